The molecule has 0 saturated carbocycles. The monoisotopic (exact) mass is 513 g/mol. The summed E-state index contributed by atoms with van der Waals surface area (Å²) in [6.07, 6.45) is 1.33. The number of likely N-dealkylation sites (tertiary alicyclic amines) is 1. The first-order chi connectivity index (χ1) is 18.5. The molecule has 5 rings (SSSR count). The van der Waals surface area contributed by atoms with Gasteiger partial charge in [0.05, 0.1) is 11.6 Å². The minimum Gasteiger partial charge on any atom is -0.507 e. The molecule has 38 heavy (non-hydrogen) atoms. The first-order valence-electron chi connectivity index (χ1n) is 12.8. The van der Waals surface area contributed by atoms with Crippen molar-refractivity contribution in [2.45, 2.75) is 38.5 Å². The number of benzene rings is 3. The summed E-state index contributed by atoms with van der Waals surface area (Å²) in [4.78, 5) is 27.9. The maximum absolute atomic E-state index is 13.3. The van der Waals surface area contributed by atoms with Gasteiger partial charge in [0.15, 0.2) is 0 Å². The number of hydrogen-bond acceptors (Lipinski definition) is 6. The smallest absolute Gasteiger partial charge is 0.295 e. The Morgan fingerprint density at radius 2 is 1.82 bits per heavy atom. The summed E-state index contributed by atoms with van der Waals surface area (Å²) in [5.41, 5.74) is 3.30. The van der Waals surface area contributed by atoms with Crippen molar-refractivity contribution in [3.63, 3.8) is 0 Å². The van der Waals surface area contributed by atoms with E-state index >= 15 is 0 Å². The van der Waals surface area contributed by atoms with Crippen molar-refractivity contribution in [3.05, 3.63) is 101 Å². The lowest BCUT2D eigenvalue weighted by atomic mass is 9.94. The van der Waals surface area contributed by atoms with Crippen LogP contribution in [0.2, 0.25) is 0 Å². The van der Waals surface area contributed by atoms with Crippen LogP contribution in [-0.4, -0.2) is 48.1 Å². The molecule has 1 amide bonds. The van der Waals surface area contributed by atoms with Crippen molar-refractivity contribution in [1.82, 2.24) is 4.90 Å². The lowest BCUT2D eigenvalue weighted by Crippen LogP contribution is -2.31. The zero-order valence-electron chi connectivity index (χ0n) is 21.6. The predicted octanol–water partition coefficient (Wildman–Crippen LogP) is 5.05. The van der Waals surface area contributed by atoms with Crippen LogP contribution in [0.1, 0.15) is 41.6 Å². The molecule has 1 fully saturated rings. The fourth-order valence-electron chi connectivity index (χ4n) is 5.05. The minimum atomic E-state index is -0.724. The van der Waals surface area contributed by atoms with Crippen molar-refractivity contribution in [1.29, 1.82) is 0 Å². The molecule has 0 bridgehead atoms. The van der Waals surface area contributed by atoms with E-state index in [-0.39, 0.29) is 17.4 Å². The molecule has 0 spiro atoms. The number of Topliss-reactive ketones (excluding diaryl/α,β-unsaturated/α-hetero) is 1. The molecule has 2 aliphatic heterocycles. The minimum absolute atomic E-state index is 0.0522. The highest BCUT2D eigenvalue weighted by atomic mass is 16.5. The van der Waals surface area contributed by atoms with E-state index < -0.39 is 17.7 Å². The molecule has 1 N–H and O–H groups in total. The van der Waals surface area contributed by atoms with Gasteiger partial charge in [0, 0.05) is 32.2 Å². The Morgan fingerprint density at radius 3 is 2.55 bits per heavy atom. The van der Waals surface area contributed by atoms with Crippen molar-refractivity contribution >= 4 is 17.4 Å². The lowest BCUT2D eigenvalue weighted by molar-refractivity contribution is -0.140. The first-order valence-corrected chi connectivity index (χ1v) is 12.8. The van der Waals surface area contributed by atoms with Crippen LogP contribution in [-0.2, 0) is 27.4 Å². The fourth-order valence-corrected chi connectivity index (χ4v) is 5.05. The van der Waals surface area contributed by atoms with E-state index in [1.807, 2.05) is 67.6 Å². The Labute approximate surface area is 222 Å². The van der Waals surface area contributed by atoms with Gasteiger partial charge in [0.1, 0.15) is 30.0 Å². The summed E-state index contributed by atoms with van der Waals surface area (Å²) in [5.74, 6) is -0.0673. The highest BCUT2D eigenvalue weighted by molar-refractivity contribution is 6.46. The number of ether oxygens (including phenoxy) is 3. The zero-order valence-corrected chi connectivity index (χ0v) is 21.6. The quantitative estimate of drug-likeness (QED) is 0.187. The number of aliphatic hydroxyl groups is 1. The first kappa shape index (κ1) is 25.5. The number of nitrogens with zero attached hydrogens (tertiary/aromatic N) is 1. The van der Waals surface area contributed by atoms with Gasteiger partial charge in [-0.25, -0.2) is 0 Å². The van der Waals surface area contributed by atoms with Crippen molar-refractivity contribution in [3.8, 4) is 11.5 Å². The highest BCUT2D eigenvalue weighted by Gasteiger charge is 2.45. The number of carbonyl (C=O) groups excluding carboxylic acids is 2. The van der Waals surface area contributed by atoms with Crippen LogP contribution < -0.4 is 9.47 Å². The number of hydrogen-bond donors (Lipinski definition) is 1. The Balaban J connectivity index is 1.47. The second kappa shape index (κ2) is 11.1. The number of aliphatic hydroxyl groups excluding tert-OH is 1. The highest BCUT2D eigenvalue weighted by Crippen LogP contribution is 2.41. The third kappa shape index (κ3) is 5.15. The van der Waals surface area contributed by atoms with Gasteiger partial charge >= 0.3 is 0 Å². The summed E-state index contributed by atoms with van der Waals surface area (Å²) < 4.78 is 16.9. The average molecular weight is 514 g/mol. The van der Waals surface area contributed by atoms with Gasteiger partial charge in [0.25, 0.3) is 11.7 Å². The molecule has 7 nitrogen and oxygen atoms in total. The maximum atomic E-state index is 13.3. The molecule has 1 saturated heterocycles. The third-order valence-corrected chi connectivity index (χ3v) is 6.90. The molecule has 196 valence electrons. The third-order valence-electron chi connectivity index (χ3n) is 6.90. The van der Waals surface area contributed by atoms with Crippen LogP contribution in [0, 0.1) is 0 Å². The van der Waals surface area contributed by atoms with E-state index in [4.69, 9.17) is 14.2 Å². The van der Waals surface area contributed by atoms with E-state index in [1.165, 1.54) is 4.90 Å². The number of fused-ring (bicyclic) bond motifs is 1. The Morgan fingerprint density at radius 1 is 1.05 bits per heavy atom. The second-order valence-corrected chi connectivity index (χ2v) is 9.64. The van der Waals surface area contributed by atoms with Gasteiger partial charge in [-0.05, 0) is 60.4 Å². The van der Waals surface area contributed by atoms with Gasteiger partial charge in [-0.1, -0.05) is 42.5 Å². The normalized spacial score (nSPS) is 19.9. The average Bonchev–Trinajstić information content (AvgIpc) is 3.43. The van der Waals surface area contributed by atoms with Crippen LogP contribution in [0.5, 0.6) is 11.5 Å². The molecule has 3 aromatic carbocycles. The number of ketones is 1. The van der Waals surface area contributed by atoms with E-state index in [0.29, 0.717) is 43.1 Å². The van der Waals surface area contributed by atoms with Crippen molar-refractivity contribution in [2.75, 3.05) is 20.3 Å². The van der Waals surface area contributed by atoms with E-state index in [2.05, 4.69) is 0 Å². The number of methoxy groups -OCH3 is 1. The summed E-state index contributed by atoms with van der Waals surface area (Å²) in [6, 6.07) is 21.8. The van der Waals surface area contributed by atoms with Gasteiger partial charge in [-0.15, -0.1) is 0 Å². The molecule has 2 atom stereocenters. The summed E-state index contributed by atoms with van der Waals surface area (Å²) >= 11 is 0. The standard InChI is InChI=1S/C31H31NO6/c1-20-17-24-18-23(11-14-26(24)38-20)29(33)27-28(32(15-6-16-36-2)31(35)30(27)34)22-9-12-25(13-10-22)37-19-21-7-4-3-5-8-21/h3-5,7-14,18,20,28,33H,6,15-17,19H2,1-2H3/b29-27+. The fraction of sp³-hybridized carbons (Fsp3) is 0.290. The molecule has 0 radical (unpaired) electrons. The number of amides is 1. The lowest BCUT2D eigenvalue weighted by Gasteiger charge is -2.25. The van der Waals surface area contributed by atoms with E-state index in [0.717, 1.165) is 23.3 Å². The molecule has 0 aromatic heterocycles. The summed E-state index contributed by atoms with van der Waals surface area (Å²) in [5, 5.41) is 11.4. The Kier molecular flexibility index (Phi) is 7.47. The van der Waals surface area contributed by atoms with Crippen LogP contribution in [0.4, 0.5) is 0 Å². The molecule has 0 aliphatic carbocycles. The number of carbonyl (C=O) groups is 2. The molecular weight excluding hydrogens is 482 g/mol. The Hall–Kier alpha value is -4.10. The van der Waals surface area contributed by atoms with E-state index in [1.54, 1.807) is 19.2 Å². The number of rotatable bonds is 9. The topological polar surface area (TPSA) is 85.3 Å². The van der Waals surface area contributed by atoms with Crippen LogP contribution in [0.15, 0.2) is 78.4 Å². The predicted molar refractivity (Wildman–Crippen MR) is 143 cm³/mol. The molecule has 2 unspecified atom stereocenters. The van der Waals surface area contributed by atoms with Crippen molar-refractivity contribution in [2.24, 2.45) is 0 Å². The second-order valence-electron chi connectivity index (χ2n) is 9.64. The summed E-state index contributed by atoms with van der Waals surface area (Å²) in [6.45, 7) is 3.18. The molecule has 2 heterocycles. The van der Waals surface area contributed by atoms with Gasteiger partial charge < -0.3 is 24.2 Å². The van der Waals surface area contributed by atoms with Crippen LogP contribution in [0.3, 0.4) is 0 Å². The van der Waals surface area contributed by atoms with Crippen molar-refractivity contribution < 1.29 is 28.9 Å². The van der Waals surface area contributed by atoms with Gasteiger partial charge in [0.2, 0.25) is 0 Å². The molecular formula is C31H31NO6. The SMILES string of the molecule is COCCCN1C(=O)C(=O)/C(=C(/O)c2ccc3c(c2)CC(C)O3)C1c1ccc(OCc2ccccc2)cc1. The Bertz CT molecular complexity index is 1350. The summed E-state index contributed by atoms with van der Waals surface area (Å²) in [7, 11) is 1.60. The van der Waals surface area contributed by atoms with Gasteiger partial charge in [-0.2, -0.15) is 0 Å². The van der Waals surface area contributed by atoms with E-state index in [9.17, 15) is 14.7 Å². The van der Waals surface area contributed by atoms with Crippen LogP contribution in [0.25, 0.3) is 5.76 Å². The van der Waals surface area contributed by atoms with Crippen LogP contribution >= 0.6 is 0 Å². The molecule has 2 aliphatic rings. The van der Waals surface area contributed by atoms with Gasteiger partial charge in [-0.3, -0.25) is 9.59 Å². The zero-order chi connectivity index (χ0) is 26.6. The molecule has 3 aromatic rings. The maximum Gasteiger partial charge on any atom is 0.295 e. The largest absolute Gasteiger partial charge is 0.507 e. The molecule has 7 heteroatoms.